The lowest BCUT2D eigenvalue weighted by molar-refractivity contribution is 0.0607. The minimum Gasteiger partial charge on any atom is -0.465 e. The first-order chi connectivity index (χ1) is 8.60. The summed E-state index contributed by atoms with van der Waals surface area (Å²) in [4.78, 5) is 13.7. The van der Waals surface area contributed by atoms with Crippen LogP contribution in [-0.4, -0.2) is 36.7 Å². The molecule has 5 nitrogen and oxygen atoms in total. The van der Waals surface area contributed by atoms with Gasteiger partial charge in [-0.1, -0.05) is 0 Å². The van der Waals surface area contributed by atoms with Crippen LogP contribution in [0.1, 0.15) is 16.1 Å². The summed E-state index contributed by atoms with van der Waals surface area (Å²) in [6.07, 6.45) is 0.395. The zero-order valence-corrected chi connectivity index (χ0v) is 11.7. The topological polar surface area (TPSA) is 65.4 Å². The molecule has 96 valence electrons. The number of nitrogens with one attached hydrogen (secondary N) is 1. The van der Waals surface area contributed by atoms with E-state index in [0.717, 1.165) is 0 Å². The molecule has 0 aliphatic heterocycles. The number of esters is 1. The number of nitrogens with zero attached hydrogens (tertiary/aromatic N) is 2. The number of methoxy groups -OCH3 is 1. The molecule has 1 rings (SSSR count). The largest absolute Gasteiger partial charge is 0.465 e. The SMILES string of the molecule is COC(=O)c1sccc1NC(=S)N(C)CCC#N. The summed E-state index contributed by atoms with van der Waals surface area (Å²) in [5, 5.41) is 13.7. The third kappa shape index (κ3) is 3.68. The first kappa shape index (κ1) is 14.4. The van der Waals surface area contributed by atoms with Crippen molar-refractivity contribution in [2.45, 2.75) is 6.42 Å². The highest BCUT2D eigenvalue weighted by atomic mass is 32.1. The van der Waals surface area contributed by atoms with Crippen LogP contribution in [0.2, 0.25) is 0 Å². The molecular weight excluding hydrogens is 270 g/mol. The van der Waals surface area contributed by atoms with Crippen LogP contribution in [-0.2, 0) is 4.74 Å². The van der Waals surface area contributed by atoms with Gasteiger partial charge in [0.2, 0.25) is 0 Å². The molecule has 7 heteroatoms. The quantitative estimate of drug-likeness (QED) is 0.674. The van der Waals surface area contributed by atoms with Crippen LogP contribution < -0.4 is 5.32 Å². The molecule has 0 amide bonds. The lowest BCUT2D eigenvalue weighted by atomic mass is 10.4. The molecule has 0 saturated carbocycles. The summed E-state index contributed by atoms with van der Waals surface area (Å²) in [7, 11) is 3.13. The van der Waals surface area contributed by atoms with Gasteiger partial charge in [-0.15, -0.1) is 11.3 Å². The van der Waals surface area contributed by atoms with Crippen molar-refractivity contribution in [3.63, 3.8) is 0 Å². The van der Waals surface area contributed by atoms with Crippen molar-refractivity contribution in [1.29, 1.82) is 5.26 Å². The Balaban J connectivity index is 2.68. The van der Waals surface area contributed by atoms with Crippen molar-refractivity contribution >= 4 is 40.3 Å². The number of ether oxygens (including phenoxy) is 1. The summed E-state index contributed by atoms with van der Waals surface area (Å²) >= 11 is 6.46. The van der Waals surface area contributed by atoms with E-state index in [1.807, 2.05) is 6.07 Å². The van der Waals surface area contributed by atoms with Gasteiger partial charge in [0.1, 0.15) is 4.88 Å². The summed E-state index contributed by atoms with van der Waals surface area (Å²) in [5.74, 6) is -0.394. The Morgan fingerprint density at radius 1 is 1.72 bits per heavy atom. The van der Waals surface area contributed by atoms with E-state index in [9.17, 15) is 4.79 Å². The number of anilines is 1. The predicted molar refractivity (Wildman–Crippen MR) is 74.7 cm³/mol. The molecule has 0 aromatic carbocycles. The third-order valence-electron chi connectivity index (χ3n) is 2.18. The van der Waals surface area contributed by atoms with E-state index in [-0.39, 0.29) is 0 Å². The molecular formula is C11H13N3O2S2. The second-order valence-electron chi connectivity index (χ2n) is 3.41. The summed E-state index contributed by atoms with van der Waals surface area (Å²) < 4.78 is 4.67. The molecule has 0 aliphatic rings. The van der Waals surface area contributed by atoms with Crippen molar-refractivity contribution in [2.24, 2.45) is 0 Å². The summed E-state index contributed by atoms with van der Waals surface area (Å²) in [5.41, 5.74) is 0.626. The number of rotatable bonds is 4. The molecule has 1 heterocycles. The molecule has 1 aromatic rings. The van der Waals surface area contributed by atoms with Gasteiger partial charge in [0.25, 0.3) is 0 Å². The van der Waals surface area contributed by atoms with Gasteiger partial charge >= 0.3 is 5.97 Å². The van der Waals surface area contributed by atoms with Crippen LogP contribution in [0.15, 0.2) is 11.4 Å². The van der Waals surface area contributed by atoms with Gasteiger partial charge in [-0.2, -0.15) is 5.26 Å². The van der Waals surface area contributed by atoms with Gasteiger partial charge in [-0.3, -0.25) is 0 Å². The Morgan fingerprint density at radius 2 is 2.44 bits per heavy atom. The zero-order chi connectivity index (χ0) is 13.5. The molecule has 0 atom stereocenters. The molecule has 18 heavy (non-hydrogen) atoms. The van der Waals surface area contributed by atoms with Gasteiger partial charge in [-0.25, -0.2) is 4.79 Å². The van der Waals surface area contributed by atoms with Crippen molar-refractivity contribution in [3.05, 3.63) is 16.3 Å². The maximum absolute atomic E-state index is 11.5. The molecule has 1 N–H and O–H groups in total. The second kappa shape index (κ2) is 6.93. The molecule has 0 bridgehead atoms. The minimum absolute atomic E-state index is 0.394. The van der Waals surface area contributed by atoms with E-state index < -0.39 is 5.97 Å². The van der Waals surface area contributed by atoms with Gasteiger partial charge in [0.15, 0.2) is 5.11 Å². The molecule has 0 unspecified atom stereocenters. The smallest absolute Gasteiger partial charge is 0.350 e. The van der Waals surface area contributed by atoms with Crippen LogP contribution in [0.3, 0.4) is 0 Å². The third-order valence-corrected chi connectivity index (χ3v) is 3.49. The van der Waals surface area contributed by atoms with Crippen LogP contribution in [0.25, 0.3) is 0 Å². The fourth-order valence-corrected chi connectivity index (χ4v) is 2.16. The minimum atomic E-state index is -0.394. The van der Waals surface area contributed by atoms with Crippen molar-refractivity contribution in [1.82, 2.24) is 4.90 Å². The highest BCUT2D eigenvalue weighted by molar-refractivity contribution is 7.80. The second-order valence-corrected chi connectivity index (χ2v) is 4.72. The van der Waals surface area contributed by atoms with Gasteiger partial charge in [0, 0.05) is 13.6 Å². The van der Waals surface area contributed by atoms with Crippen LogP contribution in [0, 0.1) is 11.3 Å². The number of thiocarbonyl (C=S) groups is 1. The first-order valence-corrected chi connectivity index (χ1v) is 6.43. The van der Waals surface area contributed by atoms with E-state index in [1.54, 1.807) is 23.4 Å². The van der Waals surface area contributed by atoms with E-state index in [1.165, 1.54) is 18.4 Å². The molecule has 0 spiro atoms. The molecule has 0 aliphatic carbocycles. The lowest BCUT2D eigenvalue weighted by Gasteiger charge is -2.19. The van der Waals surface area contributed by atoms with Crippen molar-refractivity contribution < 1.29 is 9.53 Å². The van der Waals surface area contributed by atoms with E-state index >= 15 is 0 Å². The fraction of sp³-hybridized carbons (Fsp3) is 0.364. The van der Waals surface area contributed by atoms with Crippen molar-refractivity contribution in [3.8, 4) is 6.07 Å². The summed E-state index contributed by atoms with van der Waals surface area (Å²) in [6, 6.07) is 3.82. The Labute approximate surface area is 115 Å². The number of hydrogen-bond acceptors (Lipinski definition) is 5. The zero-order valence-electron chi connectivity index (χ0n) is 10.1. The number of carbonyl (C=O) groups excluding carboxylic acids is 1. The Morgan fingerprint density at radius 3 is 3.06 bits per heavy atom. The van der Waals surface area contributed by atoms with E-state index in [0.29, 0.717) is 28.6 Å². The van der Waals surface area contributed by atoms with Crippen LogP contribution >= 0.6 is 23.6 Å². The number of thiophene rings is 1. The van der Waals surface area contributed by atoms with E-state index in [2.05, 4.69) is 10.1 Å². The highest BCUT2D eigenvalue weighted by Gasteiger charge is 2.15. The fourth-order valence-electron chi connectivity index (χ4n) is 1.19. The van der Waals surface area contributed by atoms with Crippen LogP contribution in [0.5, 0.6) is 0 Å². The van der Waals surface area contributed by atoms with E-state index in [4.69, 9.17) is 17.5 Å². The predicted octanol–water partition coefficient (Wildman–Crippen LogP) is 2.08. The Hall–Kier alpha value is -1.65. The summed E-state index contributed by atoms with van der Waals surface area (Å²) in [6.45, 7) is 0.542. The molecule has 0 fully saturated rings. The molecule has 0 radical (unpaired) electrons. The van der Waals surface area contributed by atoms with Gasteiger partial charge in [-0.05, 0) is 23.7 Å². The normalized spacial score (nSPS) is 9.39. The monoisotopic (exact) mass is 283 g/mol. The Kier molecular flexibility index (Phi) is 5.55. The van der Waals surface area contributed by atoms with Gasteiger partial charge in [0.05, 0.1) is 25.3 Å². The maximum atomic E-state index is 11.5. The number of carbonyl (C=O) groups is 1. The van der Waals surface area contributed by atoms with Crippen molar-refractivity contribution in [2.75, 3.05) is 26.0 Å². The highest BCUT2D eigenvalue weighted by Crippen LogP contribution is 2.23. The molecule has 0 saturated heterocycles. The van der Waals surface area contributed by atoms with Gasteiger partial charge < -0.3 is 15.0 Å². The Bertz CT molecular complexity index is 479. The standard InChI is InChI=1S/C11H13N3O2S2/c1-14(6-3-5-12)11(17)13-8-4-7-18-9(8)10(15)16-2/h4,7H,3,6H2,1-2H3,(H,13,17). The number of hydrogen-bond donors (Lipinski definition) is 1. The number of nitriles is 1. The van der Waals surface area contributed by atoms with Crippen LogP contribution in [0.4, 0.5) is 5.69 Å². The lowest BCUT2D eigenvalue weighted by Crippen LogP contribution is -2.32. The average Bonchev–Trinajstić information content (AvgIpc) is 2.82. The first-order valence-electron chi connectivity index (χ1n) is 5.15. The average molecular weight is 283 g/mol. The molecule has 1 aromatic heterocycles. The maximum Gasteiger partial charge on any atom is 0.350 e.